The molecule has 15 heavy (non-hydrogen) atoms. The number of rotatable bonds is 3. The standard InChI is InChI=1S/C10H10ClNO3/c11-7-2-1-6(8(13)3-4-12)9-10(7)15-5-14-9/h1-2H,3-5,12H2. The van der Waals surface area contributed by atoms with E-state index in [1.807, 2.05) is 0 Å². The zero-order valence-corrected chi connectivity index (χ0v) is 8.71. The van der Waals surface area contributed by atoms with Gasteiger partial charge in [-0.25, -0.2) is 0 Å². The van der Waals surface area contributed by atoms with E-state index in [0.29, 0.717) is 28.6 Å². The molecule has 0 saturated heterocycles. The monoisotopic (exact) mass is 227 g/mol. The maximum atomic E-state index is 11.7. The van der Waals surface area contributed by atoms with E-state index in [4.69, 9.17) is 26.8 Å². The van der Waals surface area contributed by atoms with Crippen LogP contribution in [0.15, 0.2) is 12.1 Å². The first kappa shape index (κ1) is 10.3. The van der Waals surface area contributed by atoms with Crippen molar-refractivity contribution in [2.45, 2.75) is 6.42 Å². The number of nitrogens with two attached hydrogens (primary N) is 1. The first-order valence-corrected chi connectivity index (χ1v) is 4.93. The molecule has 0 saturated carbocycles. The molecule has 0 atom stereocenters. The van der Waals surface area contributed by atoms with E-state index in [9.17, 15) is 4.79 Å². The number of Topliss-reactive ketones (excluding diaryl/α,β-unsaturated/α-hetero) is 1. The summed E-state index contributed by atoms with van der Waals surface area (Å²) in [6.45, 7) is 0.416. The summed E-state index contributed by atoms with van der Waals surface area (Å²) < 4.78 is 10.4. The SMILES string of the molecule is NCCC(=O)c1ccc(Cl)c2c1OCO2. The Balaban J connectivity index is 2.41. The van der Waals surface area contributed by atoms with Crippen molar-refractivity contribution in [3.05, 3.63) is 22.7 Å². The fourth-order valence-electron chi connectivity index (χ4n) is 1.45. The Kier molecular flexibility index (Phi) is 2.79. The summed E-state index contributed by atoms with van der Waals surface area (Å²) in [6, 6.07) is 3.26. The molecule has 0 aromatic heterocycles. The number of fused-ring (bicyclic) bond motifs is 1. The molecule has 0 unspecified atom stereocenters. The normalized spacial score (nSPS) is 12.9. The largest absolute Gasteiger partial charge is 0.453 e. The smallest absolute Gasteiger partial charge is 0.231 e. The summed E-state index contributed by atoms with van der Waals surface area (Å²) in [7, 11) is 0. The van der Waals surface area contributed by atoms with Gasteiger partial charge >= 0.3 is 0 Å². The number of halogens is 1. The highest BCUT2D eigenvalue weighted by atomic mass is 35.5. The summed E-state index contributed by atoms with van der Waals surface area (Å²) in [5, 5.41) is 0.451. The van der Waals surface area contributed by atoms with Crippen LogP contribution in [0, 0.1) is 0 Å². The van der Waals surface area contributed by atoms with E-state index >= 15 is 0 Å². The summed E-state index contributed by atoms with van der Waals surface area (Å²) >= 11 is 5.88. The number of carbonyl (C=O) groups is 1. The van der Waals surface area contributed by atoms with Gasteiger partial charge in [0.05, 0.1) is 10.6 Å². The third-order valence-corrected chi connectivity index (χ3v) is 2.44. The highest BCUT2D eigenvalue weighted by Gasteiger charge is 2.24. The predicted octanol–water partition coefficient (Wildman–Crippen LogP) is 1.60. The van der Waals surface area contributed by atoms with Crippen LogP contribution in [0.5, 0.6) is 11.5 Å². The molecule has 0 radical (unpaired) electrons. The number of ketones is 1. The average molecular weight is 228 g/mol. The first-order valence-electron chi connectivity index (χ1n) is 4.55. The molecular weight excluding hydrogens is 218 g/mol. The van der Waals surface area contributed by atoms with Gasteiger partial charge in [-0.2, -0.15) is 0 Å². The van der Waals surface area contributed by atoms with Gasteiger partial charge < -0.3 is 15.2 Å². The van der Waals surface area contributed by atoms with Gasteiger partial charge in [0.25, 0.3) is 0 Å². The molecule has 2 N–H and O–H groups in total. The van der Waals surface area contributed by atoms with Crippen molar-refractivity contribution in [1.29, 1.82) is 0 Å². The summed E-state index contributed by atoms with van der Waals surface area (Å²) in [5.74, 6) is 0.816. The Bertz CT molecular complexity index is 406. The Labute approximate surface area is 91.9 Å². The van der Waals surface area contributed by atoms with Crippen LogP contribution in [-0.4, -0.2) is 19.1 Å². The number of ether oxygens (including phenoxy) is 2. The molecule has 80 valence electrons. The fraction of sp³-hybridized carbons (Fsp3) is 0.300. The van der Waals surface area contributed by atoms with E-state index in [1.165, 1.54) is 0 Å². The lowest BCUT2D eigenvalue weighted by atomic mass is 10.1. The quantitative estimate of drug-likeness (QED) is 0.797. The van der Waals surface area contributed by atoms with Crippen LogP contribution in [0.2, 0.25) is 5.02 Å². The molecule has 4 nitrogen and oxygen atoms in total. The molecule has 1 heterocycles. The van der Waals surface area contributed by atoms with Crippen LogP contribution in [0.4, 0.5) is 0 Å². The number of carbonyl (C=O) groups excluding carboxylic acids is 1. The Morgan fingerprint density at radius 2 is 2.13 bits per heavy atom. The van der Waals surface area contributed by atoms with Crippen LogP contribution in [-0.2, 0) is 0 Å². The molecule has 0 aliphatic carbocycles. The van der Waals surface area contributed by atoms with Crippen molar-refractivity contribution in [2.75, 3.05) is 13.3 Å². The van der Waals surface area contributed by atoms with Gasteiger partial charge in [0.15, 0.2) is 17.3 Å². The fourth-order valence-corrected chi connectivity index (χ4v) is 1.65. The minimum Gasteiger partial charge on any atom is -0.453 e. The second kappa shape index (κ2) is 4.08. The molecule has 2 rings (SSSR count). The summed E-state index contributed by atoms with van der Waals surface area (Å²) in [6.07, 6.45) is 0.289. The molecular formula is C10H10ClNO3. The van der Waals surface area contributed by atoms with Gasteiger partial charge in [-0.05, 0) is 18.7 Å². The van der Waals surface area contributed by atoms with Crippen molar-refractivity contribution in [3.8, 4) is 11.5 Å². The van der Waals surface area contributed by atoms with Crippen molar-refractivity contribution in [2.24, 2.45) is 5.73 Å². The van der Waals surface area contributed by atoms with Gasteiger partial charge in [0.1, 0.15) is 0 Å². The lowest BCUT2D eigenvalue weighted by Gasteiger charge is -2.04. The van der Waals surface area contributed by atoms with Crippen LogP contribution in [0.1, 0.15) is 16.8 Å². The van der Waals surface area contributed by atoms with E-state index in [2.05, 4.69) is 0 Å². The zero-order chi connectivity index (χ0) is 10.8. The second-order valence-corrected chi connectivity index (χ2v) is 3.53. The van der Waals surface area contributed by atoms with Gasteiger partial charge in [-0.1, -0.05) is 11.6 Å². The van der Waals surface area contributed by atoms with Gasteiger partial charge in [-0.3, -0.25) is 4.79 Å². The van der Waals surface area contributed by atoms with Crippen LogP contribution in [0.3, 0.4) is 0 Å². The maximum Gasteiger partial charge on any atom is 0.231 e. The highest BCUT2D eigenvalue weighted by molar-refractivity contribution is 6.32. The molecule has 1 aromatic rings. The molecule has 0 fully saturated rings. The van der Waals surface area contributed by atoms with Crippen molar-refractivity contribution < 1.29 is 14.3 Å². The summed E-state index contributed by atoms with van der Waals surface area (Å²) in [4.78, 5) is 11.7. The Morgan fingerprint density at radius 1 is 1.40 bits per heavy atom. The maximum absolute atomic E-state index is 11.7. The van der Waals surface area contributed by atoms with Crippen molar-refractivity contribution in [3.63, 3.8) is 0 Å². The number of hydrogen-bond acceptors (Lipinski definition) is 4. The van der Waals surface area contributed by atoms with Gasteiger partial charge in [0, 0.05) is 6.42 Å². The van der Waals surface area contributed by atoms with E-state index in [0.717, 1.165) is 0 Å². The Hall–Kier alpha value is -1.26. The average Bonchev–Trinajstić information content (AvgIpc) is 2.68. The number of hydrogen-bond donors (Lipinski definition) is 1. The topological polar surface area (TPSA) is 61.6 Å². The van der Waals surface area contributed by atoms with E-state index < -0.39 is 0 Å². The third kappa shape index (κ3) is 1.78. The first-order chi connectivity index (χ1) is 7.24. The second-order valence-electron chi connectivity index (χ2n) is 3.12. The van der Waals surface area contributed by atoms with E-state index in [-0.39, 0.29) is 19.0 Å². The molecule has 5 heteroatoms. The van der Waals surface area contributed by atoms with Gasteiger partial charge in [-0.15, -0.1) is 0 Å². The third-order valence-electron chi connectivity index (χ3n) is 2.14. The molecule has 1 aromatic carbocycles. The van der Waals surface area contributed by atoms with Crippen LogP contribution >= 0.6 is 11.6 Å². The minimum absolute atomic E-state index is 0.0593. The van der Waals surface area contributed by atoms with Gasteiger partial charge in [0.2, 0.25) is 6.79 Å². The molecule has 1 aliphatic rings. The van der Waals surface area contributed by atoms with Crippen molar-refractivity contribution >= 4 is 17.4 Å². The van der Waals surface area contributed by atoms with Crippen LogP contribution < -0.4 is 15.2 Å². The van der Waals surface area contributed by atoms with Crippen LogP contribution in [0.25, 0.3) is 0 Å². The molecule has 1 aliphatic heterocycles. The number of benzene rings is 1. The molecule has 0 spiro atoms. The highest BCUT2D eigenvalue weighted by Crippen LogP contribution is 2.41. The predicted molar refractivity (Wildman–Crippen MR) is 55.6 cm³/mol. The Morgan fingerprint density at radius 3 is 2.87 bits per heavy atom. The lowest BCUT2D eigenvalue weighted by Crippen LogP contribution is -2.08. The van der Waals surface area contributed by atoms with E-state index in [1.54, 1.807) is 12.1 Å². The summed E-state index contributed by atoms with van der Waals surface area (Å²) in [5.41, 5.74) is 5.81. The zero-order valence-electron chi connectivity index (χ0n) is 7.96. The molecule has 0 bridgehead atoms. The minimum atomic E-state index is -0.0593. The lowest BCUT2D eigenvalue weighted by molar-refractivity contribution is 0.0981. The molecule has 0 amide bonds. The van der Waals surface area contributed by atoms with Crippen molar-refractivity contribution in [1.82, 2.24) is 0 Å².